The number of aliphatic hydroxyl groups excluding tert-OH is 1. The molecule has 0 spiro atoms. The SMILES string of the molecule is Cc1ccc2nc(CN(C)CC(C)O)cc(=O)n2c1. The van der Waals surface area contributed by atoms with Crippen LogP contribution in [0, 0.1) is 6.92 Å². The Kier molecular flexibility index (Phi) is 3.97. The first-order valence-corrected chi connectivity index (χ1v) is 6.31. The summed E-state index contributed by atoms with van der Waals surface area (Å²) in [6, 6.07) is 5.32. The van der Waals surface area contributed by atoms with E-state index in [1.54, 1.807) is 23.6 Å². The number of nitrogens with zero attached hydrogens (tertiary/aromatic N) is 3. The molecule has 102 valence electrons. The fourth-order valence-electron chi connectivity index (χ4n) is 2.13. The first-order valence-electron chi connectivity index (χ1n) is 6.31. The Hall–Kier alpha value is -1.72. The second-order valence-corrected chi connectivity index (χ2v) is 5.07. The zero-order chi connectivity index (χ0) is 14.0. The molecule has 2 heterocycles. The van der Waals surface area contributed by atoms with E-state index in [1.165, 1.54) is 0 Å². The number of likely N-dealkylation sites (N-methyl/N-ethyl adjacent to an activating group) is 1. The Balaban J connectivity index is 2.31. The monoisotopic (exact) mass is 261 g/mol. The van der Waals surface area contributed by atoms with Crippen molar-refractivity contribution in [2.75, 3.05) is 13.6 Å². The molecule has 1 N–H and O–H groups in total. The Morgan fingerprint density at radius 1 is 1.47 bits per heavy atom. The maximum atomic E-state index is 12.0. The number of pyridine rings is 1. The van der Waals surface area contributed by atoms with E-state index < -0.39 is 6.10 Å². The first kappa shape index (κ1) is 13.7. The summed E-state index contributed by atoms with van der Waals surface area (Å²) in [7, 11) is 1.89. The van der Waals surface area contributed by atoms with E-state index in [4.69, 9.17) is 0 Å². The summed E-state index contributed by atoms with van der Waals surface area (Å²) >= 11 is 0. The summed E-state index contributed by atoms with van der Waals surface area (Å²) in [5.41, 5.74) is 2.32. The predicted molar refractivity (Wildman–Crippen MR) is 74.2 cm³/mol. The van der Waals surface area contributed by atoms with Gasteiger partial charge >= 0.3 is 0 Å². The van der Waals surface area contributed by atoms with E-state index in [0.29, 0.717) is 18.7 Å². The van der Waals surface area contributed by atoms with Crippen LogP contribution in [0.1, 0.15) is 18.2 Å². The van der Waals surface area contributed by atoms with Crippen LogP contribution in [0.3, 0.4) is 0 Å². The van der Waals surface area contributed by atoms with Crippen LogP contribution in [-0.4, -0.2) is 39.1 Å². The molecule has 0 saturated heterocycles. The van der Waals surface area contributed by atoms with Gasteiger partial charge in [-0.3, -0.25) is 14.1 Å². The normalized spacial score (nSPS) is 13.1. The molecule has 0 aliphatic rings. The van der Waals surface area contributed by atoms with Gasteiger partial charge in [0.25, 0.3) is 5.56 Å². The lowest BCUT2D eigenvalue weighted by molar-refractivity contribution is 0.138. The highest BCUT2D eigenvalue weighted by Gasteiger charge is 2.07. The van der Waals surface area contributed by atoms with Crippen LogP contribution >= 0.6 is 0 Å². The van der Waals surface area contributed by atoms with Gasteiger partial charge in [0.15, 0.2) is 0 Å². The predicted octanol–water partition coefficient (Wildman–Crippen LogP) is 0.816. The third-order valence-corrected chi connectivity index (χ3v) is 2.87. The van der Waals surface area contributed by atoms with Gasteiger partial charge in [0.05, 0.1) is 11.8 Å². The van der Waals surface area contributed by atoms with Crippen molar-refractivity contribution in [1.29, 1.82) is 0 Å². The van der Waals surface area contributed by atoms with Crippen molar-refractivity contribution >= 4 is 5.65 Å². The summed E-state index contributed by atoms with van der Waals surface area (Å²) in [4.78, 5) is 18.4. The third kappa shape index (κ3) is 3.39. The molecule has 0 fully saturated rings. The van der Waals surface area contributed by atoms with E-state index in [2.05, 4.69) is 4.98 Å². The molecule has 5 heteroatoms. The molecule has 2 aromatic rings. The molecule has 0 aliphatic heterocycles. The van der Waals surface area contributed by atoms with Gasteiger partial charge in [0.1, 0.15) is 5.65 Å². The second kappa shape index (κ2) is 5.50. The molecule has 2 rings (SSSR count). The summed E-state index contributed by atoms with van der Waals surface area (Å²) in [6.45, 7) is 4.78. The Labute approximate surface area is 112 Å². The largest absolute Gasteiger partial charge is 0.392 e. The molecule has 2 aromatic heterocycles. The van der Waals surface area contributed by atoms with Crippen LogP contribution < -0.4 is 5.56 Å². The number of aryl methyl sites for hydroxylation is 1. The molecule has 0 aromatic carbocycles. The fraction of sp³-hybridized carbons (Fsp3) is 0.429. The number of fused-ring (bicyclic) bond motifs is 1. The van der Waals surface area contributed by atoms with Crippen molar-refractivity contribution in [3.63, 3.8) is 0 Å². The van der Waals surface area contributed by atoms with E-state index in [1.807, 2.05) is 31.0 Å². The molecule has 1 unspecified atom stereocenters. The highest BCUT2D eigenvalue weighted by atomic mass is 16.3. The lowest BCUT2D eigenvalue weighted by atomic mass is 10.3. The third-order valence-electron chi connectivity index (χ3n) is 2.87. The summed E-state index contributed by atoms with van der Waals surface area (Å²) < 4.78 is 1.55. The molecule has 5 nitrogen and oxygen atoms in total. The van der Waals surface area contributed by atoms with Gasteiger partial charge in [-0.05, 0) is 32.5 Å². The lowest BCUT2D eigenvalue weighted by Gasteiger charge is -2.17. The number of aliphatic hydroxyl groups is 1. The minimum atomic E-state index is -0.394. The molecular weight excluding hydrogens is 242 g/mol. The molecule has 19 heavy (non-hydrogen) atoms. The molecular formula is C14H19N3O2. The smallest absolute Gasteiger partial charge is 0.258 e. The van der Waals surface area contributed by atoms with Crippen molar-refractivity contribution in [3.8, 4) is 0 Å². The summed E-state index contributed by atoms with van der Waals surface area (Å²) in [5.74, 6) is 0. The Bertz CT molecular complexity index is 634. The van der Waals surface area contributed by atoms with Gasteiger partial charge in [0, 0.05) is 25.4 Å². The van der Waals surface area contributed by atoms with Crippen molar-refractivity contribution < 1.29 is 5.11 Å². The molecule has 0 radical (unpaired) electrons. The van der Waals surface area contributed by atoms with Crippen molar-refractivity contribution in [2.24, 2.45) is 0 Å². The van der Waals surface area contributed by atoms with Gasteiger partial charge in [-0.25, -0.2) is 4.98 Å². The van der Waals surface area contributed by atoms with Crippen LogP contribution in [0.5, 0.6) is 0 Å². The van der Waals surface area contributed by atoms with Gasteiger partial charge in [-0.1, -0.05) is 6.07 Å². The topological polar surface area (TPSA) is 57.8 Å². The number of hydrogen-bond acceptors (Lipinski definition) is 4. The average molecular weight is 261 g/mol. The van der Waals surface area contributed by atoms with Crippen molar-refractivity contribution in [3.05, 3.63) is 46.0 Å². The van der Waals surface area contributed by atoms with Crippen LogP contribution in [0.15, 0.2) is 29.2 Å². The van der Waals surface area contributed by atoms with E-state index in [0.717, 1.165) is 11.3 Å². The zero-order valence-electron chi connectivity index (χ0n) is 11.5. The molecule has 0 bridgehead atoms. The van der Waals surface area contributed by atoms with E-state index in [-0.39, 0.29) is 5.56 Å². The zero-order valence-corrected chi connectivity index (χ0v) is 11.5. The molecule has 0 aliphatic carbocycles. The number of rotatable bonds is 4. The quantitative estimate of drug-likeness (QED) is 0.885. The van der Waals surface area contributed by atoms with Gasteiger partial charge in [0.2, 0.25) is 0 Å². The lowest BCUT2D eigenvalue weighted by Crippen LogP contribution is -2.28. The Morgan fingerprint density at radius 3 is 2.89 bits per heavy atom. The molecule has 0 amide bonds. The van der Waals surface area contributed by atoms with Crippen LogP contribution in [0.4, 0.5) is 0 Å². The maximum Gasteiger partial charge on any atom is 0.258 e. The minimum Gasteiger partial charge on any atom is -0.392 e. The maximum absolute atomic E-state index is 12.0. The Morgan fingerprint density at radius 2 is 2.21 bits per heavy atom. The average Bonchev–Trinajstić information content (AvgIpc) is 2.29. The van der Waals surface area contributed by atoms with Crippen molar-refractivity contribution in [2.45, 2.75) is 26.5 Å². The first-order chi connectivity index (χ1) is 8.95. The second-order valence-electron chi connectivity index (χ2n) is 5.07. The number of aromatic nitrogens is 2. The summed E-state index contributed by atoms with van der Waals surface area (Å²) in [6.07, 6.45) is 1.39. The standard InChI is InChI=1S/C14H19N3O2/c1-10-4-5-13-15-12(6-14(19)17(13)7-10)9-16(3)8-11(2)18/h4-7,11,18H,8-9H2,1-3H3. The van der Waals surface area contributed by atoms with E-state index >= 15 is 0 Å². The van der Waals surface area contributed by atoms with Crippen molar-refractivity contribution in [1.82, 2.24) is 14.3 Å². The van der Waals surface area contributed by atoms with E-state index in [9.17, 15) is 9.90 Å². The minimum absolute atomic E-state index is 0.0749. The van der Waals surface area contributed by atoms with Crippen LogP contribution in [0.25, 0.3) is 5.65 Å². The van der Waals surface area contributed by atoms with Gasteiger partial charge in [-0.2, -0.15) is 0 Å². The number of hydrogen-bond donors (Lipinski definition) is 1. The highest BCUT2D eigenvalue weighted by Crippen LogP contribution is 2.04. The highest BCUT2D eigenvalue weighted by molar-refractivity contribution is 5.39. The van der Waals surface area contributed by atoms with Gasteiger partial charge in [-0.15, -0.1) is 0 Å². The van der Waals surface area contributed by atoms with Crippen LogP contribution in [-0.2, 0) is 6.54 Å². The fourth-order valence-corrected chi connectivity index (χ4v) is 2.13. The van der Waals surface area contributed by atoms with Gasteiger partial charge < -0.3 is 5.11 Å². The van der Waals surface area contributed by atoms with Crippen LogP contribution in [0.2, 0.25) is 0 Å². The molecule has 0 saturated carbocycles. The molecule has 1 atom stereocenters. The summed E-state index contributed by atoms with van der Waals surface area (Å²) in [5, 5.41) is 9.33.